The number of amides is 1. The molecule has 4 saturated heterocycles. The summed E-state index contributed by atoms with van der Waals surface area (Å²) < 4.78 is 67.9. The van der Waals surface area contributed by atoms with Crippen molar-refractivity contribution in [3.05, 3.63) is 0 Å². The molecule has 5 rings (SSSR count). The topological polar surface area (TPSA) is 88.2 Å². The first-order chi connectivity index (χ1) is 17.5. The number of likely N-dealkylation sites (N-methyl/N-ethyl adjacent to an activating group) is 1. The van der Waals surface area contributed by atoms with Crippen molar-refractivity contribution in [2.24, 2.45) is 5.92 Å². The van der Waals surface area contributed by atoms with Crippen LogP contribution in [0, 0.1) is 5.92 Å². The standard InChI is InChI=1S/C23H38ClF3N6O3S/c1-30(21(34)14-31-9-3-11-37(31,35)36)22(23(25,26)27)15-5-7-16(8-6-15)32-10-2-4-17-18(32)13-28-20-12-19(24)29-33(17)20/h15-20,22,28-29H,2-14H2,1H3/t15?,16?,17?,18?,19?,20?,22-/m0/s1. The van der Waals surface area contributed by atoms with E-state index in [0.717, 1.165) is 41.6 Å². The van der Waals surface area contributed by atoms with E-state index in [1.165, 1.54) is 7.05 Å². The third kappa shape index (κ3) is 5.64. The second kappa shape index (κ2) is 10.7. The van der Waals surface area contributed by atoms with Gasteiger partial charge in [0.1, 0.15) is 6.04 Å². The number of rotatable bonds is 5. The zero-order valence-corrected chi connectivity index (χ0v) is 22.7. The highest BCUT2D eigenvalue weighted by atomic mass is 35.5. The van der Waals surface area contributed by atoms with Gasteiger partial charge in [0.25, 0.3) is 0 Å². The monoisotopic (exact) mass is 570 g/mol. The van der Waals surface area contributed by atoms with E-state index < -0.39 is 40.6 Å². The normalized spacial score (nSPS) is 38.2. The molecule has 0 spiro atoms. The Hall–Kier alpha value is -0.700. The summed E-state index contributed by atoms with van der Waals surface area (Å²) in [4.78, 5) is 16.0. The Kier molecular flexibility index (Phi) is 8.05. The molecule has 0 aromatic carbocycles. The highest BCUT2D eigenvalue weighted by molar-refractivity contribution is 7.89. The van der Waals surface area contributed by atoms with E-state index >= 15 is 0 Å². The summed E-state index contributed by atoms with van der Waals surface area (Å²) in [5.74, 6) is -1.56. The van der Waals surface area contributed by atoms with Crippen LogP contribution >= 0.6 is 11.6 Å². The van der Waals surface area contributed by atoms with Crippen molar-refractivity contribution in [1.82, 2.24) is 29.9 Å². The summed E-state index contributed by atoms with van der Waals surface area (Å²) in [6, 6.07) is -1.09. The summed E-state index contributed by atoms with van der Waals surface area (Å²) in [5, 5.41) is 5.84. The molecule has 5 fully saturated rings. The van der Waals surface area contributed by atoms with Crippen LogP contribution in [0.15, 0.2) is 0 Å². The zero-order valence-electron chi connectivity index (χ0n) is 21.2. The van der Waals surface area contributed by atoms with Gasteiger partial charge in [0.05, 0.1) is 24.0 Å². The number of hydrogen-bond acceptors (Lipinski definition) is 7. The van der Waals surface area contributed by atoms with E-state index in [2.05, 4.69) is 20.7 Å². The third-order valence-electron chi connectivity index (χ3n) is 9.08. The number of halogens is 4. The van der Waals surface area contributed by atoms with Crippen LogP contribution in [0.3, 0.4) is 0 Å². The number of sulfonamides is 1. The average Bonchev–Trinajstić information content (AvgIpc) is 3.38. The molecule has 2 N–H and O–H groups in total. The number of carbonyl (C=O) groups is 1. The third-order valence-corrected chi connectivity index (χ3v) is 11.3. The van der Waals surface area contributed by atoms with E-state index in [1.807, 2.05) is 0 Å². The van der Waals surface area contributed by atoms with Crippen molar-refractivity contribution in [3.8, 4) is 0 Å². The highest BCUT2D eigenvalue weighted by Gasteiger charge is 2.51. The molecule has 0 bridgehead atoms. The molecule has 5 atom stereocenters. The number of alkyl halides is 4. The van der Waals surface area contributed by atoms with Gasteiger partial charge < -0.3 is 4.90 Å². The lowest BCUT2D eigenvalue weighted by molar-refractivity contribution is -0.201. The average molecular weight is 571 g/mol. The lowest BCUT2D eigenvalue weighted by atomic mass is 9.78. The number of likely N-dealkylation sites (tertiary alicyclic amines) is 1. The maximum Gasteiger partial charge on any atom is 0.409 e. The van der Waals surface area contributed by atoms with Crippen LogP contribution in [0.5, 0.6) is 0 Å². The van der Waals surface area contributed by atoms with Crippen LogP contribution in [-0.2, 0) is 14.8 Å². The maximum atomic E-state index is 14.2. The van der Waals surface area contributed by atoms with Gasteiger partial charge in [-0.2, -0.15) is 17.5 Å². The molecule has 4 unspecified atom stereocenters. The Morgan fingerprint density at radius 2 is 1.84 bits per heavy atom. The SMILES string of the molecule is CN(C(=O)CN1CCCS1(=O)=O)[C@@H](C1CCC(N2CCCC3C2CNC2CC(Cl)NN23)CC1)C(F)(F)F. The Morgan fingerprint density at radius 3 is 2.49 bits per heavy atom. The van der Waals surface area contributed by atoms with Crippen molar-refractivity contribution in [3.63, 3.8) is 0 Å². The molecule has 14 heteroatoms. The molecular formula is C23H38ClF3N6O3S. The number of fused-ring (bicyclic) bond motifs is 3. The molecule has 1 saturated carbocycles. The van der Waals surface area contributed by atoms with Gasteiger partial charge in [-0.1, -0.05) is 0 Å². The predicted molar refractivity (Wildman–Crippen MR) is 133 cm³/mol. The fourth-order valence-electron chi connectivity index (χ4n) is 7.31. The van der Waals surface area contributed by atoms with Crippen LogP contribution in [0.4, 0.5) is 13.2 Å². The van der Waals surface area contributed by atoms with E-state index in [-0.39, 0.29) is 36.0 Å². The minimum Gasteiger partial charge on any atom is -0.332 e. The number of piperidine rings is 1. The quantitative estimate of drug-likeness (QED) is 0.383. The van der Waals surface area contributed by atoms with E-state index in [4.69, 9.17) is 11.6 Å². The summed E-state index contributed by atoms with van der Waals surface area (Å²) in [6.45, 7) is 1.43. The van der Waals surface area contributed by atoms with Crippen LogP contribution in [0.25, 0.3) is 0 Å². The second-order valence-corrected chi connectivity index (χ2v) is 13.9. The summed E-state index contributed by atoms with van der Waals surface area (Å²) >= 11 is 6.34. The number of nitrogens with one attached hydrogen (secondary N) is 2. The number of carbonyl (C=O) groups excluding carboxylic acids is 1. The van der Waals surface area contributed by atoms with Gasteiger partial charge in [0, 0.05) is 44.7 Å². The van der Waals surface area contributed by atoms with Crippen LogP contribution < -0.4 is 10.7 Å². The van der Waals surface area contributed by atoms with Gasteiger partial charge in [0.15, 0.2) is 0 Å². The Bertz CT molecular complexity index is 951. The van der Waals surface area contributed by atoms with E-state index in [0.29, 0.717) is 38.1 Å². The van der Waals surface area contributed by atoms with Crippen molar-refractivity contribution in [2.45, 2.75) is 93.4 Å². The first-order valence-electron chi connectivity index (χ1n) is 13.4. The van der Waals surface area contributed by atoms with Crippen molar-refractivity contribution in [1.29, 1.82) is 0 Å². The molecule has 0 aromatic rings. The van der Waals surface area contributed by atoms with Gasteiger partial charge in [-0.25, -0.2) is 18.9 Å². The molecule has 0 radical (unpaired) electrons. The zero-order chi connectivity index (χ0) is 26.5. The molecule has 212 valence electrons. The molecule has 1 aliphatic carbocycles. The minimum atomic E-state index is -4.58. The van der Waals surface area contributed by atoms with E-state index in [1.54, 1.807) is 0 Å². The molecule has 4 aliphatic heterocycles. The van der Waals surface area contributed by atoms with E-state index in [9.17, 15) is 26.4 Å². The molecular weight excluding hydrogens is 533 g/mol. The highest BCUT2D eigenvalue weighted by Crippen LogP contribution is 2.41. The van der Waals surface area contributed by atoms with Crippen LogP contribution in [0.1, 0.15) is 51.4 Å². The second-order valence-electron chi connectivity index (χ2n) is 11.2. The lowest BCUT2D eigenvalue weighted by Crippen LogP contribution is -2.70. The smallest absolute Gasteiger partial charge is 0.332 e. The van der Waals surface area contributed by atoms with Gasteiger partial charge >= 0.3 is 6.18 Å². The Morgan fingerprint density at radius 1 is 1.11 bits per heavy atom. The van der Waals surface area contributed by atoms with Gasteiger partial charge in [-0.3, -0.25) is 15.0 Å². The number of hydrogen-bond donors (Lipinski definition) is 2. The van der Waals surface area contributed by atoms with Crippen molar-refractivity contribution in [2.75, 3.05) is 39.0 Å². The fourth-order valence-corrected chi connectivity index (χ4v) is 9.06. The predicted octanol–water partition coefficient (Wildman–Crippen LogP) is 1.51. The molecule has 5 aliphatic rings. The largest absolute Gasteiger partial charge is 0.409 e. The summed E-state index contributed by atoms with van der Waals surface area (Å²) in [6.07, 6.45) is 1.04. The van der Waals surface area contributed by atoms with Gasteiger partial charge in [0.2, 0.25) is 15.9 Å². The molecule has 4 heterocycles. The number of hydrazine groups is 1. The number of nitrogens with zero attached hydrogens (tertiary/aromatic N) is 4. The fraction of sp³-hybridized carbons (Fsp3) is 0.957. The molecule has 37 heavy (non-hydrogen) atoms. The first kappa shape index (κ1) is 27.9. The molecule has 0 aromatic heterocycles. The Balaban J connectivity index is 1.22. The summed E-state index contributed by atoms with van der Waals surface area (Å²) in [7, 11) is -2.39. The summed E-state index contributed by atoms with van der Waals surface area (Å²) in [5.41, 5.74) is 3.29. The van der Waals surface area contributed by atoms with Gasteiger partial charge in [-0.15, -0.1) is 11.6 Å². The lowest BCUT2D eigenvalue weighted by Gasteiger charge is -2.53. The van der Waals surface area contributed by atoms with Gasteiger partial charge in [-0.05, 0) is 57.4 Å². The first-order valence-corrected chi connectivity index (χ1v) is 15.5. The maximum absolute atomic E-state index is 14.2. The van der Waals surface area contributed by atoms with Crippen molar-refractivity contribution < 1.29 is 26.4 Å². The van der Waals surface area contributed by atoms with Crippen LogP contribution in [-0.4, -0.2) is 114 Å². The van der Waals surface area contributed by atoms with Crippen LogP contribution in [0.2, 0.25) is 0 Å². The molecule has 1 amide bonds. The van der Waals surface area contributed by atoms with Crippen molar-refractivity contribution >= 4 is 27.5 Å². The molecule has 9 nitrogen and oxygen atoms in total. The minimum absolute atomic E-state index is 0.0640. The Labute approximate surface area is 222 Å².